The maximum atomic E-state index is 11.6. The Morgan fingerprint density at radius 1 is 1.41 bits per heavy atom. The number of carbonyl (C=O) groups is 2. The molecule has 0 saturated carbocycles. The highest BCUT2D eigenvalue weighted by atomic mass is 16.8. The van der Waals surface area contributed by atoms with Crippen molar-refractivity contribution in [1.29, 1.82) is 0 Å². The highest BCUT2D eigenvalue weighted by Crippen LogP contribution is 2.08. The molecule has 1 fully saturated rings. The Balaban J connectivity index is 1.85. The molecule has 1 saturated heterocycles. The Kier molecular flexibility index (Phi) is 3.39. The van der Waals surface area contributed by atoms with Crippen LogP contribution in [0.1, 0.15) is 15.9 Å². The summed E-state index contributed by atoms with van der Waals surface area (Å²) < 4.78 is 14.6. The van der Waals surface area contributed by atoms with Crippen LogP contribution < -0.4 is 0 Å². The van der Waals surface area contributed by atoms with E-state index in [2.05, 4.69) is 0 Å². The zero-order chi connectivity index (χ0) is 12.3. The predicted molar refractivity (Wildman–Crippen MR) is 57.3 cm³/mol. The van der Waals surface area contributed by atoms with Crippen LogP contribution in [0.15, 0.2) is 24.3 Å². The zero-order valence-corrected chi connectivity index (χ0v) is 9.34. The van der Waals surface area contributed by atoms with E-state index in [1.165, 1.54) is 0 Å². The van der Waals surface area contributed by atoms with Crippen molar-refractivity contribution in [3.8, 4) is 0 Å². The molecule has 90 valence electrons. The molecule has 0 unspecified atom stereocenters. The van der Waals surface area contributed by atoms with Crippen LogP contribution in [0.5, 0.6) is 0 Å². The number of hydrogen-bond donors (Lipinski definition) is 0. The first-order chi connectivity index (χ1) is 8.15. The van der Waals surface area contributed by atoms with Gasteiger partial charge in [-0.25, -0.2) is 9.59 Å². The van der Waals surface area contributed by atoms with Gasteiger partial charge >= 0.3 is 11.9 Å². The van der Waals surface area contributed by atoms with Crippen LogP contribution in [0, 0.1) is 6.92 Å². The van der Waals surface area contributed by atoms with Crippen LogP contribution in [0.25, 0.3) is 0 Å². The summed E-state index contributed by atoms with van der Waals surface area (Å²) in [5.74, 6) is -0.905. The Morgan fingerprint density at radius 3 is 2.71 bits per heavy atom. The number of aryl methyl sites for hydroxylation is 1. The highest BCUT2D eigenvalue weighted by molar-refractivity contribution is 5.89. The number of hydrogen-bond acceptors (Lipinski definition) is 5. The van der Waals surface area contributed by atoms with Crippen molar-refractivity contribution in [1.82, 2.24) is 0 Å². The quantitative estimate of drug-likeness (QED) is 0.734. The lowest BCUT2D eigenvalue weighted by atomic mass is 10.1. The molecule has 2 rings (SSSR count). The molecular weight excluding hydrogens is 224 g/mol. The van der Waals surface area contributed by atoms with Gasteiger partial charge in [-0.2, -0.15) is 0 Å². The standard InChI is InChI=1S/C12H12O5/c1-8-2-4-9(5-3-8)12(14)16-7-11-15-6-10(13)17-11/h2-5,11H,6-7H2,1H3/t11-/m1/s1. The largest absolute Gasteiger partial charge is 0.455 e. The van der Waals surface area contributed by atoms with E-state index >= 15 is 0 Å². The fourth-order valence-electron chi connectivity index (χ4n) is 1.37. The number of cyclic esters (lactones) is 1. The van der Waals surface area contributed by atoms with Crippen LogP contribution in [0.2, 0.25) is 0 Å². The topological polar surface area (TPSA) is 61.8 Å². The average molecular weight is 236 g/mol. The molecule has 0 N–H and O–H groups in total. The van der Waals surface area contributed by atoms with Crippen LogP contribution >= 0.6 is 0 Å². The van der Waals surface area contributed by atoms with Crippen LogP contribution in [0.3, 0.4) is 0 Å². The fraction of sp³-hybridized carbons (Fsp3) is 0.333. The maximum absolute atomic E-state index is 11.6. The third-order valence-corrected chi connectivity index (χ3v) is 2.29. The van der Waals surface area contributed by atoms with Crippen molar-refractivity contribution in [3.63, 3.8) is 0 Å². The van der Waals surface area contributed by atoms with Crippen molar-refractivity contribution in [2.24, 2.45) is 0 Å². The summed E-state index contributed by atoms with van der Waals surface area (Å²) in [6.45, 7) is 1.76. The molecule has 0 amide bonds. The minimum Gasteiger partial charge on any atom is -0.455 e. The molecule has 5 nitrogen and oxygen atoms in total. The smallest absolute Gasteiger partial charge is 0.338 e. The van der Waals surface area contributed by atoms with Crippen molar-refractivity contribution in [3.05, 3.63) is 35.4 Å². The molecular formula is C12H12O5. The Hall–Kier alpha value is -1.88. The average Bonchev–Trinajstić information content (AvgIpc) is 2.73. The van der Waals surface area contributed by atoms with Crippen LogP contribution in [-0.4, -0.2) is 31.4 Å². The Morgan fingerprint density at radius 2 is 2.12 bits per heavy atom. The molecule has 1 aliphatic heterocycles. The minimum absolute atomic E-state index is 0.0849. The molecule has 1 aliphatic rings. The molecule has 5 heteroatoms. The van der Waals surface area contributed by atoms with Gasteiger partial charge in [0.1, 0.15) is 6.61 Å². The molecule has 0 aromatic heterocycles. The first-order valence-corrected chi connectivity index (χ1v) is 5.20. The third kappa shape index (κ3) is 3.04. The number of rotatable bonds is 3. The third-order valence-electron chi connectivity index (χ3n) is 2.29. The van der Waals surface area contributed by atoms with E-state index in [4.69, 9.17) is 14.2 Å². The van der Waals surface area contributed by atoms with Gasteiger partial charge in [0.15, 0.2) is 6.61 Å². The molecule has 1 aromatic rings. The zero-order valence-electron chi connectivity index (χ0n) is 9.34. The summed E-state index contributed by atoms with van der Waals surface area (Å²) in [6, 6.07) is 7.00. The molecule has 0 spiro atoms. The fourth-order valence-corrected chi connectivity index (χ4v) is 1.37. The van der Waals surface area contributed by atoms with Gasteiger partial charge in [-0.1, -0.05) is 17.7 Å². The summed E-state index contributed by atoms with van der Waals surface area (Å²) in [6.07, 6.45) is -0.781. The Bertz CT molecular complexity index is 423. The van der Waals surface area contributed by atoms with Gasteiger partial charge in [0.25, 0.3) is 0 Å². The minimum atomic E-state index is -0.781. The van der Waals surface area contributed by atoms with Crippen molar-refractivity contribution in [2.45, 2.75) is 13.2 Å². The first-order valence-electron chi connectivity index (χ1n) is 5.20. The van der Waals surface area contributed by atoms with Crippen molar-refractivity contribution >= 4 is 11.9 Å². The van der Waals surface area contributed by atoms with E-state index in [0.717, 1.165) is 5.56 Å². The second-order valence-corrected chi connectivity index (χ2v) is 3.69. The molecule has 1 heterocycles. The molecule has 1 atom stereocenters. The van der Waals surface area contributed by atoms with E-state index < -0.39 is 18.2 Å². The lowest BCUT2D eigenvalue weighted by Gasteiger charge is -2.09. The van der Waals surface area contributed by atoms with Gasteiger partial charge in [-0.3, -0.25) is 0 Å². The Labute approximate surface area is 98.3 Å². The van der Waals surface area contributed by atoms with E-state index in [-0.39, 0.29) is 13.2 Å². The van der Waals surface area contributed by atoms with E-state index in [1.54, 1.807) is 12.1 Å². The molecule has 0 bridgehead atoms. The van der Waals surface area contributed by atoms with Gasteiger partial charge < -0.3 is 14.2 Å². The van der Waals surface area contributed by atoms with E-state index in [1.807, 2.05) is 19.1 Å². The first kappa shape index (κ1) is 11.6. The number of benzene rings is 1. The lowest BCUT2D eigenvalue weighted by Crippen LogP contribution is -2.19. The second-order valence-electron chi connectivity index (χ2n) is 3.69. The normalized spacial score (nSPS) is 18.9. The monoisotopic (exact) mass is 236 g/mol. The summed E-state index contributed by atoms with van der Waals surface area (Å²) in [5.41, 5.74) is 1.52. The summed E-state index contributed by atoms with van der Waals surface area (Å²) in [7, 11) is 0. The van der Waals surface area contributed by atoms with Crippen LogP contribution in [0.4, 0.5) is 0 Å². The van der Waals surface area contributed by atoms with Crippen molar-refractivity contribution < 1.29 is 23.8 Å². The summed E-state index contributed by atoms with van der Waals surface area (Å²) in [4.78, 5) is 22.3. The maximum Gasteiger partial charge on any atom is 0.338 e. The van der Waals surface area contributed by atoms with Gasteiger partial charge in [-0.15, -0.1) is 0 Å². The van der Waals surface area contributed by atoms with Crippen molar-refractivity contribution in [2.75, 3.05) is 13.2 Å². The van der Waals surface area contributed by atoms with Gasteiger partial charge in [0.2, 0.25) is 6.29 Å². The lowest BCUT2D eigenvalue weighted by molar-refractivity contribution is -0.146. The summed E-state index contributed by atoms with van der Waals surface area (Å²) >= 11 is 0. The number of esters is 2. The van der Waals surface area contributed by atoms with Gasteiger partial charge in [0.05, 0.1) is 5.56 Å². The van der Waals surface area contributed by atoms with E-state index in [0.29, 0.717) is 5.56 Å². The summed E-state index contributed by atoms with van der Waals surface area (Å²) in [5, 5.41) is 0. The molecule has 17 heavy (non-hydrogen) atoms. The molecule has 1 aromatic carbocycles. The predicted octanol–water partition coefficient (Wildman–Crippen LogP) is 1.05. The molecule has 0 aliphatic carbocycles. The number of carbonyl (C=O) groups excluding carboxylic acids is 2. The van der Waals surface area contributed by atoms with E-state index in [9.17, 15) is 9.59 Å². The number of ether oxygens (including phenoxy) is 3. The van der Waals surface area contributed by atoms with Gasteiger partial charge in [-0.05, 0) is 19.1 Å². The molecule has 0 radical (unpaired) electrons. The van der Waals surface area contributed by atoms with Gasteiger partial charge in [0, 0.05) is 0 Å². The second kappa shape index (κ2) is 4.97. The van der Waals surface area contributed by atoms with Crippen LogP contribution in [-0.2, 0) is 19.0 Å². The SMILES string of the molecule is Cc1ccc(C(=O)OC[C@@H]2OCC(=O)O2)cc1. The highest BCUT2D eigenvalue weighted by Gasteiger charge is 2.25.